The average Bonchev–Trinajstić information content (AvgIpc) is 3.05. The quantitative estimate of drug-likeness (QED) is 0.499. The molecule has 0 aliphatic rings. The number of carbonyl (C=O) groups excluding carboxylic acids is 1. The maximum atomic E-state index is 12.6. The van der Waals surface area contributed by atoms with E-state index in [0.29, 0.717) is 11.6 Å². The lowest BCUT2D eigenvalue weighted by Gasteiger charge is -2.30. The van der Waals surface area contributed by atoms with Crippen LogP contribution in [-0.2, 0) is 9.53 Å². The van der Waals surface area contributed by atoms with E-state index in [1.807, 2.05) is 47.5 Å². The van der Waals surface area contributed by atoms with Crippen molar-refractivity contribution in [2.24, 2.45) is 0 Å². The number of benzene rings is 1. The Bertz CT molecular complexity index is 631. The summed E-state index contributed by atoms with van der Waals surface area (Å²) >= 11 is 7.89. The Morgan fingerprint density at radius 3 is 2.70 bits per heavy atom. The lowest BCUT2D eigenvalue weighted by atomic mass is 10.1. The number of halogens is 2. The minimum atomic E-state index is -0.572. The van der Waals surface area contributed by atoms with Crippen LogP contribution in [0.1, 0.15) is 18.5 Å². The zero-order valence-corrected chi connectivity index (χ0v) is 15.2. The summed E-state index contributed by atoms with van der Waals surface area (Å²) in [5.74, 6) is -0.330. The molecule has 1 atom stereocenters. The lowest BCUT2D eigenvalue weighted by Crippen LogP contribution is -2.35. The van der Waals surface area contributed by atoms with Crippen molar-refractivity contribution < 1.29 is 9.53 Å². The number of hydrogen-bond acceptors (Lipinski definition) is 4. The molecule has 0 aliphatic carbocycles. The molecule has 1 aromatic heterocycles. The summed E-state index contributed by atoms with van der Waals surface area (Å²) in [6, 6.07) is 10.7. The Morgan fingerprint density at radius 2 is 2.13 bits per heavy atom. The lowest BCUT2D eigenvalue weighted by molar-refractivity contribution is -0.144. The molecule has 23 heavy (non-hydrogen) atoms. The summed E-state index contributed by atoms with van der Waals surface area (Å²) in [4.78, 5) is 14.6. The van der Waals surface area contributed by atoms with E-state index in [0.717, 1.165) is 10.6 Å². The van der Waals surface area contributed by atoms with Gasteiger partial charge in [-0.2, -0.15) is 0 Å². The molecular weight excluding hydrogens is 353 g/mol. The van der Waals surface area contributed by atoms with Crippen LogP contribution in [0.25, 0.3) is 0 Å². The van der Waals surface area contributed by atoms with Gasteiger partial charge in [0.25, 0.3) is 0 Å². The van der Waals surface area contributed by atoms with Gasteiger partial charge in [0.05, 0.1) is 5.00 Å². The van der Waals surface area contributed by atoms with Crippen molar-refractivity contribution in [3.05, 3.63) is 65.0 Å². The van der Waals surface area contributed by atoms with Crippen molar-refractivity contribution in [1.29, 1.82) is 0 Å². The zero-order chi connectivity index (χ0) is 15.9. The first-order chi connectivity index (χ1) is 10.7. The van der Waals surface area contributed by atoms with Gasteiger partial charge < -0.3 is 9.64 Å². The van der Waals surface area contributed by atoms with Crippen LogP contribution in [0.3, 0.4) is 0 Å². The highest BCUT2D eigenvalue weighted by Crippen LogP contribution is 2.34. The summed E-state index contributed by atoms with van der Waals surface area (Å²) in [6.45, 7) is 6.44. The van der Waals surface area contributed by atoms with Gasteiger partial charge in [-0.1, -0.05) is 42.5 Å². The van der Waals surface area contributed by atoms with Crippen molar-refractivity contribution >= 4 is 46.3 Å². The van der Waals surface area contributed by atoms with Crippen LogP contribution in [0.15, 0.2) is 54.4 Å². The molecule has 2 aromatic rings. The highest BCUT2D eigenvalue weighted by atomic mass is 35.5. The molecule has 0 N–H and O–H groups in total. The van der Waals surface area contributed by atoms with Gasteiger partial charge in [-0.25, -0.2) is 4.79 Å². The molecule has 2 rings (SSSR count). The van der Waals surface area contributed by atoms with Crippen LogP contribution in [0.5, 0.6) is 0 Å². The minimum Gasteiger partial charge on any atom is -0.460 e. The number of ether oxygens (including phenoxy) is 1. The zero-order valence-electron chi connectivity index (χ0n) is 12.8. The molecule has 0 saturated heterocycles. The predicted molar refractivity (Wildman–Crippen MR) is 99.9 cm³/mol. The summed E-state index contributed by atoms with van der Waals surface area (Å²) in [7, 11) is 0. The average molecular weight is 372 g/mol. The van der Waals surface area contributed by atoms with Gasteiger partial charge >= 0.3 is 5.97 Å². The maximum absolute atomic E-state index is 12.6. The second-order valence-electron chi connectivity index (χ2n) is 4.58. The molecule has 0 spiro atoms. The van der Waals surface area contributed by atoms with Crippen LogP contribution in [0, 0.1) is 0 Å². The van der Waals surface area contributed by atoms with E-state index < -0.39 is 6.04 Å². The molecule has 1 aromatic carbocycles. The van der Waals surface area contributed by atoms with E-state index in [2.05, 4.69) is 6.58 Å². The smallest absolute Gasteiger partial charge is 0.333 e. The third-order valence-electron chi connectivity index (χ3n) is 3.21. The number of nitrogens with zero attached hydrogens (tertiary/aromatic N) is 1. The maximum Gasteiger partial charge on any atom is 0.333 e. The molecule has 0 bridgehead atoms. The Morgan fingerprint density at radius 1 is 1.39 bits per heavy atom. The van der Waals surface area contributed by atoms with Gasteiger partial charge in [0.1, 0.15) is 6.61 Å². The summed E-state index contributed by atoms with van der Waals surface area (Å²) < 4.78 is 5.29. The van der Waals surface area contributed by atoms with Crippen LogP contribution in [0.4, 0.5) is 5.00 Å². The number of thiophene rings is 1. The fraction of sp³-hybridized carbons (Fsp3) is 0.235. The van der Waals surface area contributed by atoms with Gasteiger partial charge in [-0.05, 0) is 30.5 Å². The van der Waals surface area contributed by atoms with Gasteiger partial charge in [0.2, 0.25) is 0 Å². The molecule has 124 valence electrons. The van der Waals surface area contributed by atoms with Gasteiger partial charge in [-0.15, -0.1) is 23.7 Å². The minimum absolute atomic E-state index is 0. The molecule has 0 amide bonds. The third-order valence-corrected chi connectivity index (χ3v) is 4.46. The fourth-order valence-corrected chi connectivity index (χ4v) is 3.30. The van der Waals surface area contributed by atoms with Crippen LogP contribution >= 0.6 is 35.3 Å². The van der Waals surface area contributed by atoms with E-state index in [9.17, 15) is 4.79 Å². The molecule has 6 heteroatoms. The Kier molecular flexibility index (Phi) is 8.17. The first-order valence-corrected chi connectivity index (χ1v) is 8.27. The van der Waals surface area contributed by atoms with Gasteiger partial charge in [-0.3, -0.25) is 0 Å². The second-order valence-corrected chi connectivity index (χ2v) is 5.91. The van der Waals surface area contributed by atoms with Crippen molar-refractivity contribution in [3.63, 3.8) is 0 Å². The number of likely N-dealkylation sites (N-methyl/N-ethyl adjacent to an activating group) is 1. The number of rotatable bonds is 7. The van der Waals surface area contributed by atoms with Crippen LogP contribution in [0.2, 0.25) is 5.02 Å². The standard InChI is InChI=1S/C17H18ClNO2S.ClH/c1-3-11-21-17(20)16(13-8-5-6-9-14(13)18)19(4-2)15-10-7-12-22-15;/h3,5-10,12,16H,1,4,11H2,2H3;1H/t16-;/m0./s1. The molecule has 0 radical (unpaired) electrons. The van der Waals surface area contributed by atoms with E-state index in [1.54, 1.807) is 23.5 Å². The fourth-order valence-electron chi connectivity index (χ4n) is 2.24. The number of carbonyl (C=O) groups is 1. The second kappa shape index (κ2) is 9.60. The number of esters is 1. The van der Waals surface area contributed by atoms with Crippen LogP contribution < -0.4 is 4.90 Å². The van der Waals surface area contributed by atoms with Crippen molar-refractivity contribution in [1.82, 2.24) is 0 Å². The third kappa shape index (κ3) is 4.74. The number of hydrogen-bond donors (Lipinski definition) is 0. The van der Waals surface area contributed by atoms with E-state index >= 15 is 0 Å². The van der Waals surface area contributed by atoms with Gasteiger partial charge in [0, 0.05) is 17.1 Å². The summed E-state index contributed by atoms with van der Waals surface area (Å²) in [5, 5.41) is 3.54. The Balaban J connectivity index is 0.00000264. The van der Waals surface area contributed by atoms with Gasteiger partial charge in [0.15, 0.2) is 6.04 Å². The van der Waals surface area contributed by atoms with Crippen LogP contribution in [-0.4, -0.2) is 19.1 Å². The normalized spacial score (nSPS) is 11.2. The Hall–Kier alpha value is -1.49. The predicted octanol–water partition coefficient (Wildman–Crippen LogP) is 5.12. The highest BCUT2D eigenvalue weighted by molar-refractivity contribution is 7.14. The SMILES string of the molecule is C=CCOC(=O)[C@H](c1ccccc1Cl)N(CC)c1cccs1.Cl. The summed E-state index contributed by atoms with van der Waals surface area (Å²) in [6.07, 6.45) is 1.56. The van der Waals surface area contributed by atoms with Crippen molar-refractivity contribution in [2.45, 2.75) is 13.0 Å². The monoisotopic (exact) mass is 371 g/mol. The molecule has 0 saturated carbocycles. The van der Waals surface area contributed by atoms with Crippen molar-refractivity contribution in [2.75, 3.05) is 18.1 Å². The van der Waals surface area contributed by atoms with E-state index in [4.69, 9.17) is 16.3 Å². The topological polar surface area (TPSA) is 29.5 Å². The van der Waals surface area contributed by atoms with Crippen molar-refractivity contribution in [3.8, 4) is 0 Å². The molecule has 0 fully saturated rings. The largest absolute Gasteiger partial charge is 0.460 e. The van der Waals surface area contributed by atoms with E-state index in [1.165, 1.54) is 0 Å². The number of anilines is 1. The first kappa shape index (κ1) is 19.6. The molecule has 0 unspecified atom stereocenters. The first-order valence-electron chi connectivity index (χ1n) is 7.01. The molecular formula is C17H19Cl2NO2S. The molecule has 1 heterocycles. The molecule has 3 nitrogen and oxygen atoms in total. The Labute approximate surface area is 151 Å². The highest BCUT2D eigenvalue weighted by Gasteiger charge is 2.30. The molecule has 0 aliphatic heterocycles. The summed E-state index contributed by atoms with van der Waals surface area (Å²) in [5.41, 5.74) is 0.744. The van der Waals surface area contributed by atoms with E-state index in [-0.39, 0.29) is 25.0 Å².